The van der Waals surface area contributed by atoms with Crippen molar-refractivity contribution in [3.05, 3.63) is 48.0 Å². The van der Waals surface area contributed by atoms with Gasteiger partial charge >= 0.3 is 0 Å². The van der Waals surface area contributed by atoms with Gasteiger partial charge in [-0.05, 0) is 21.8 Å². The molecule has 2 amide bonds. The molecule has 2 rings (SSSR count). The van der Waals surface area contributed by atoms with Crippen LogP contribution in [0.2, 0.25) is 0 Å². The second-order valence-electron chi connectivity index (χ2n) is 6.58. The molecule has 0 saturated heterocycles. The molecule has 0 aliphatic heterocycles. The number of benzene rings is 2. The Morgan fingerprint density at radius 2 is 1.73 bits per heavy atom. The summed E-state index contributed by atoms with van der Waals surface area (Å²) in [4.78, 5) is 23.9. The first-order valence-electron chi connectivity index (χ1n) is 7.34. The monoisotopic (exact) mass is 298 g/mol. The lowest BCUT2D eigenvalue weighted by Crippen LogP contribution is -2.52. The first-order valence-corrected chi connectivity index (χ1v) is 7.34. The maximum Gasteiger partial charge on any atom is 0.240 e. The summed E-state index contributed by atoms with van der Waals surface area (Å²) in [6.07, 6.45) is 0.223. The first-order chi connectivity index (χ1) is 10.3. The zero-order valence-corrected chi connectivity index (χ0v) is 13.2. The second-order valence-corrected chi connectivity index (χ2v) is 6.58. The van der Waals surface area contributed by atoms with Crippen LogP contribution in [0.3, 0.4) is 0 Å². The number of carbonyl (C=O) groups excluding carboxylic acids is 2. The quantitative estimate of drug-likeness (QED) is 0.909. The van der Waals surface area contributed by atoms with Gasteiger partial charge in [0.25, 0.3) is 0 Å². The number of amides is 2. The van der Waals surface area contributed by atoms with Gasteiger partial charge in [0.1, 0.15) is 6.04 Å². The molecule has 116 valence electrons. The van der Waals surface area contributed by atoms with Crippen molar-refractivity contribution in [3.8, 4) is 0 Å². The molecule has 0 bridgehead atoms. The van der Waals surface area contributed by atoms with Gasteiger partial charge in [-0.1, -0.05) is 63.2 Å². The molecule has 0 aliphatic carbocycles. The van der Waals surface area contributed by atoms with Crippen LogP contribution in [0.15, 0.2) is 42.5 Å². The maximum atomic E-state index is 12.3. The summed E-state index contributed by atoms with van der Waals surface area (Å²) in [5.41, 5.74) is 5.92. The fourth-order valence-electron chi connectivity index (χ4n) is 2.55. The Hall–Kier alpha value is -2.36. The highest BCUT2D eigenvalue weighted by molar-refractivity contribution is 5.92. The van der Waals surface area contributed by atoms with Crippen LogP contribution < -0.4 is 11.1 Å². The highest BCUT2D eigenvalue weighted by Crippen LogP contribution is 2.21. The van der Waals surface area contributed by atoms with Crippen LogP contribution in [0.4, 0.5) is 0 Å². The van der Waals surface area contributed by atoms with Gasteiger partial charge in [-0.3, -0.25) is 9.59 Å². The van der Waals surface area contributed by atoms with E-state index in [2.05, 4.69) is 5.32 Å². The van der Waals surface area contributed by atoms with Gasteiger partial charge in [0.2, 0.25) is 11.8 Å². The van der Waals surface area contributed by atoms with E-state index in [1.165, 1.54) is 0 Å². The van der Waals surface area contributed by atoms with Crippen molar-refractivity contribution < 1.29 is 9.59 Å². The molecule has 1 unspecified atom stereocenters. The lowest BCUT2D eigenvalue weighted by atomic mass is 9.86. The Labute approximate surface area is 130 Å². The Morgan fingerprint density at radius 1 is 1.09 bits per heavy atom. The molecule has 0 aromatic heterocycles. The summed E-state index contributed by atoms with van der Waals surface area (Å²) < 4.78 is 0. The standard InChI is InChI=1S/C18H22N2O2/c1-18(2,3)16(17(19)22)20-15(21)11-13-9-6-8-12-7-4-5-10-14(12)13/h4-10,16H,11H2,1-3H3,(H2,19,22)(H,20,21). The average molecular weight is 298 g/mol. The van der Waals surface area contributed by atoms with Crippen molar-refractivity contribution in [1.82, 2.24) is 5.32 Å². The van der Waals surface area contributed by atoms with E-state index in [1.807, 2.05) is 63.2 Å². The maximum absolute atomic E-state index is 12.3. The summed E-state index contributed by atoms with van der Waals surface area (Å²) in [5, 5.41) is 4.90. The van der Waals surface area contributed by atoms with Gasteiger partial charge in [0, 0.05) is 0 Å². The van der Waals surface area contributed by atoms with E-state index in [0.717, 1.165) is 16.3 Å². The van der Waals surface area contributed by atoms with Crippen molar-refractivity contribution in [2.24, 2.45) is 11.1 Å². The van der Waals surface area contributed by atoms with Crippen LogP contribution in [0, 0.1) is 5.41 Å². The van der Waals surface area contributed by atoms with Crippen LogP contribution in [0.1, 0.15) is 26.3 Å². The van der Waals surface area contributed by atoms with E-state index in [9.17, 15) is 9.59 Å². The van der Waals surface area contributed by atoms with Gasteiger partial charge in [-0.15, -0.1) is 0 Å². The summed E-state index contributed by atoms with van der Waals surface area (Å²) >= 11 is 0. The Balaban J connectivity index is 2.19. The lowest BCUT2D eigenvalue weighted by molar-refractivity contribution is -0.129. The molecule has 1 atom stereocenters. The van der Waals surface area contributed by atoms with Crippen molar-refractivity contribution in [3.63, 3.8) is 0 Å². The summed E-state index contributed by atoms with van der Waals surface area (Å²) in [6, 6.07) is 13.1. The number of primary amides is 1. The summed E-state index contributed by atoms with van der Waals surface area (Å²) in [6.45, 7) is 5.63. The number of fused-ring (bicyclic) bond motifs is 1. The third kappa shape index (κ3) is 3.64. The minimum absolute atomic E-state index is 0.199. The number of carbonyl (C=O) groups is 2. The molecule has 0 fully saturated rings. The molecule has 0 spiro atoms. The van der Waals surface area contributed by atoms with E-state index >= 15 is 0 Å². The van der Waals surface area contributed by atoms with Gasteiger partial charge in [-0.2, -0.15) is 0 Å². The first kappa shape index (κ1) is 16.0. The third-order valence-electron chi connectivity index (χ3n) is 3.69. The molecule has 0 radical (unpaired) electrons. The molecule has 2 aromatic carbocycles. The van der Waals surface area contributed by atoms with Gasteiger partial charge < -0.3 is 11.1 Å². The van der Waals surface area contributed by atoms with Crippen molar-refractivity contribution in [1.29, 1.82) is 0 Å². The topological polar surface area (TPSA) is 72.2 Å². The zero-order chi connectivity index (χ0) is 16.3. The smallest absolute Gasteiger partial charge is 0.240 e. The average Bonchev–Trinajstić information content (AvgIpc) is 2.44. The molecule has 4 heteroatoms. The van der Waals surface area contributed by atoms with E-state index in [0.29, 0.717) is 0 Å². The molecular formula is C18H22N2O2. The second kappa shape index (κ2) is 6.18. The number of rotatable bonds is 4. The van der Waals surface area contributed by atoms with Crippen molar-refractivity contribution in [2.75, 3.05) is 0 Å². The molecule has 0 aliphatic rings. The highest BCUT2D eigenvalue weighted by Gasteiger charge is 2.30. The van der Waals surface area contributed by atoms with Crippen LogP contribution in [0.5, 0.6) is 0 Å². The van der Waals surface area contributed by atoms with Gasteiger partial charge in [-0.25, -0.2) is 0 Å². The fraction of sp³-hybridized carbons (Fsp3) is 0.333. The van der Waals surface area contributed by atoms with Crippen LogP contribution in [-0.4, -0.2) is 17.9 Å². The van der Waals surface area contributed by atoms with Gasteiger partial charge in [0.05, 0.1) is 6.42 Å². The Bertz CT molecular complexity index is 696. The predicted molar refractivity (Wildman–Crippen MR) is 88.2 cm³/mol. The Morgan fingerprint density at radius 3 is 2.36 bits per heavy atom. The number of nitrogens with one attached hydrogen (secondary N) is 1. The molecule has 2 aromatic rings. The highest BCUT2D eigenvalue weighted by atomic mass is 16.2. The molecule has 22 heavy (non-hydrogen) atoms. The normalized spacial score (nSPS) is 12.9. The minimum atomic E-state index is -0.685. The molecule has 3 N–H and O–H groups in total. The number of hydrogen-bond donors (Lipinski definition) is 2. The SMILES string of the molecule is CC(C)(C)C(NC(=O)Cc1cccc2ccccc12)C(N)=O. The van der Waals surface area contributed by atoms with E-state index < -0.39 is 17.4 Å². The number of hydrogen-bond acceptors (Lipinski definition) is 2. The van der Waals surface area contributed by atoms with Crippen LogP contribution >= 0.6 is 0 Å². The summed E-state index contributed by atoms with van der Waals surface area (Å²) in [5.74, 6) is -0.714. The van der Waals surface area contributed by atoms with Crippen LogP contribution in [0.25, 0.3) is 10.8 Å². The summed E-state index contributed by atoms with van der Waals surface area (Å²) in [7, 11) is 0. The predicted octanol–water partition coefficient (Wildman–Crippen LogP) is 2.40. The van der Waals surface area contributed by atoms with E-state index in [1.54, 1.807) is 0 Å². The molecule has 0 heterocycles. The molecular weight excluding hydrogens is 276 g/mol. The van der Waals surface area contributed by atoms with Crippen molar-refractivity contribution >= 4 is 22.6 Å². The Kier molecular flexibility index (Phi) is 4.50. The molecule has 4 nitrogen and oxygen atoms in total. The minimum Gasteiger partial charge on any atom is -0.368 e. The van der Waals surface area contributed by atoms with Crippen molar-refractivity contribution in [2.45, 2.75) is 33.2 Å². The molecule has 0 saturated carbocycles. The lowest BCUT2D eigenvalue weighted by Gasteiger charge is -2.28. The third-order valence-corrected chi connectivity index (χ3v) is 3.69. The van der Waals surface area contributed by atoms with Gasteiger partial charge in [0.15, 0.2) is 0 Å². The van der Waals surface area contributed by atoms with Crippen LogP contribution in [-0.2, 0) is 16.0 Å². The van der Waals surface area contributed by atoms with E-state index in [-0.39, 0.29) is 12.3 Å². The largest absolute Gasteiger partial charge is 0.368 e. The number of nitrogens with two attached hydrogens (primary N) is 1. The fourth-order valence-corrected chi connectivity index (χ4v) is 2.55. The zero-order valence-electron chi connectivity index (χ0n) is 13.2. The van der Waals surface area contributed by atoms with E-state index in [4.69, 9.17) is 5.73 Å².